The van der Waals surface area contributed by atoms with Crippen molar-refractivity contribution in [3.63, 3.8) is 0 Å². The maximum absolute atomic E-state index is 11.1. The molecule has 0 aliphatic carbocycles. The van der Waals surface area contributed by atoms with E-state index in [0.717, 1.165) is 6.07 Å². The summed E-state index contributed by atoms with van der Waals surface area (Å²) in [6.45, 7) is 0. The third-order valence-corrected chi connectivity index (χ3v) is 4.26. The summed E-state index contributed by atoms with van der Waals surface area (Å²) in [5, 5.41) is 9.97. The van der Waals surface area contributed by atoms with Gasteiger partial charge in [0.05, 0.1) is 4.92 Å². The molecule has 0 spiro atoms. The van der Waals surface area contributed by atoms with E-state index in [-0.39, 0.29) is 4.47 Å². The van der Waals surface area contributed by atoms with Crippen LogP contribution in [0.15, 0.2) is 21.5 Å². The maximum Gasteiger partial charge on any atom is 0.289 e. The molecule has 0 amide bonds. The third-order valence-electron chi connectivity index (χ3n) is 1.47. The van der Waals surface area contributed by atoms with E-state index in [1.165, 1.54) is 6.07 Å². The summed E-state index contributed by atoms with van der Waals surface area (Å²) in [4.78, 5) is 9.19. The van der Waals surface area contributed by atoms with Crippen molar-refractivity contribution in [3.05, 3.63) is 31.7 Å². The van der Waals surface area contributed by atoms with Crippen LogP contribution in [0.1, 0.15) is 0 Å². The molecular weight excluding hydrogens is 333 g/mol. The summed E-state index contributed by atoms with van der Waals surface area (Å²) >= 11 is 8.45. The van der Waals surface area contributed by atoms with E-state index in [2.05, 4.69) is 15.9 Å². The van der Waals surface area contributed by atoms with E-state index in [4.69, 9.17) is 22.3 Å². The SMILES string of the molecule is O=[N+]([O-])c1ccc(Br)c(S(=O)(=O)Cl)c1Cl. The van der Waals surface area contributed by atoms with Crippen LogP contribution in [0.3, 0.4) is 0 Å². The molecule has 0 N–H and O–H groups in total. The van der Waals surface area contributed by atoms with Gasteiger partial charge in [0, 0.05) is 21.2 Å². The molecular formula is C6H2BrCl2NO4S. The molecule has 0 fully saturated rings. The van der Waals surface area contributed by atoms with Gasteiger partial charge in [-0.25, -0.2) is 8.42 Å². The Labute approximate surface area is 103 Å². The lowest BCUT2D eigenvalue weighted by atomic mass is 10.3. The second-order valence-electron chi connectivity index (χ2n) is 2.40. The zero-order valence-corrected chi connectivity index (χ0v) is 10.7. The molecule has 9 heteroatoms. The number of hydrogen-bond donors (Lipinski definition) is 0. The van der Waals surface area contributed by atoms with Crippen molar-refractivity contribution in [2.45, 2.75) is 4.90 Å². The van der Waals surface area contributed by atoms with E-state index >= 15 is 0 Å². The number of hydrogen-bond acceptors (Lipinski definition) is 4. The highest BCUT2D eigenvalue weighted by atomic mass is 79.9. The molecule has 0 bridgehead atoms. The van der Waals surface area contributed by atoms with Gasteiger partial charge in [-0.3, -0.25) is 10.1 Å². The normalized spacial score (nSPS) is 11.4. The van der Waals surface area contributed by atoms with Gasteiger partial charge < -0.3 is 0 Å². The lowest BCUT2D eigenvalue weighted by Crippen LogP contribution is -1.97. The van der Waals surface area contributed by atoms with Crippen molar-refractivity contribution < 1.29 is 13.3 Å². The molecule has 0 aromatic heterocycles. The van der Waals surface area contributed by atoms with E-state index in [1.54, 1.807) is 0 Å². The Bertz CT molecular complexity index is 530. The Hall–Kier alpha value is -0.370. The maximum atomic E-state index is 11.1. The van der Waals surface area contributed by atoms with Gasteiger partial charge in [-0.2, -0.15) is 0 Å². The van der Waals surface area contributed by atoms with Crippen molar-refractivity contribution in [2.75, 3.05) is 0 Å². The van der Waals surface area contributed by atoms with Crippen LogP contribution in [0, 0.1) is 10.1 Å². The first-order valence-corrected chi connectivity index (χ1v) is 6.80. The van der Waals surface area contributed by atoms with E-state index in [1.807, 2.05) is 0 Å². The van der Waals surface area contributed by atoms with Crippen LogP contribution >= 0.6 is 38.2 Å². The summed E-state index contributed by atoms with van der Waals surface area (Å²) in [7, 11) is 0.950. The van der Waals surface area contributed by atoms with E-state index in [0.29, 0.717) is 0 Å². The summed E-state index contributed by atoms with van der Waals surface area (Å²) in [6, 6.07) is 2.28. The van der Waals surface area contributed by atoms with Crippen LogP contribution < -0.4 is 0 Å². The van der Waals surface area contributed by atoms with Gasteiger partial charge in [0.2, 0.25) is 0 Å². The molecule has 1 rings (SSSR count). The Morgan fingerprint density at radius 2 is 1.93 bits per heavy atom. The Morgan fingerprint density at radius 3 is 2.33 bits per heavy atom. The van der Waals surface area contributed by atoms with Crippen LogP contribution in [0.5, 0.6) is 0 Å². The first kappa shape index (κ1) is 12.7. The van der Waals surface area contributed by atoms with Crippen molar-refractivity contribution in [3.8, 4) is 0 Å². The van der Waals surface area contributed by atoms with Crippen LogP contribution in [-0.2, 0) is 9.05 Å². The Balaban J connectivity index is 3.66. The Morgan fingerprint density at radius 1 is 1.40 bits per heavy atom. The van der Waals surface area contributed by atoms with Crippen molar-refractivity contribution in [1.82, 2.24) is 0 Å². The van der Waals surface area contributed by atoms with E-state index < -0.39 is 29.6 Å². The van der Waals surface area contributed by atoms with Gasteiger partial charge in [-0.1, -0.05) is 11.6 Å². The molecule has 0 aliphatic heterocycles. The van der Waals surface area contributed by atoms with Crippen LogP contribution in [0.2, 0.25) is 5.02 Å². The molecule has 0 radical (unpaired) electrons. The lowest BCUT2D eigenvalue weighted by Gasteiger charge is -2.03. The average molecular weight is 335 g/mol. The van der Waals surface area contributed by atoms with E-state index in [9.17, 15) is 18.5 Å². The summed E-state index contributed by atoms with van der Waals surface area (Å²) in [6.07, 6.45) is 0. The lowest BCUT2D eigenvalue weighted by molar-refractivity contribution is -0.384. The largest absolute Gasteiger partial charge is 0.289 e. The minimum atomic E-state index is -4.13. The fourth-order valence-corrected chi connectivity index (χ4v) is 4.01. The molecule has 0 heterocycles. The van der Waals surface area contributed by atoms with Crippen LogP contribution in [0.25, 0.3) is 0 Å². The van der Waals surface area contributed by atoms with Gasteiger partial charge in [-0.15, -0.1) is 0 Å². The fraction of sp³-hybridized carbons (Fsp3) is 0. The molecule has 0 saturated heterocycles. The predicted octanol–water partition coefficient (Wildman–Crippen LogP) is 2.94. The summed E-state index contributed by atoms with van der Waals surface area (Å²) < 4.78 is 22.2. The molecule has 15 heavy (non-hydrogen) atoms. The minimum absolute atomic E-state index is 0.0769. The number of nitro groups is 1. The quantitative estimate of drug-likeness (QED) is 0.473. The molecule has 0 atom stereocenters. The van der Waals surface area contributed by atoms with Crippen molar-refractivity contribution in [1.29, 1.82) is 0 Å². The summed E-state index contributed by atoms with van der Waals surface area (Å²) in [5.74, 6) is 0. The van der Waals surface area contributed by atoms with Crippen LogP contribution in [-0.4, -0.2) is 13.3 Å². The molecule has 0 saturated carbocycles. The first-order chi connectivity index (χ1) is 6.75. The van der Waals surface area contributed by atoms with Crippen LogP contribution in [0.4, 0.5) is 5.69 Å². The Kier molecular flexibility index (Phi) is 3.59. The van der Waals surface area contributed by atoms with Gasteiger partial charge in [-0.05, 0) is 22.0 Å². The fourth-order valence-electron chi connectivity index (χ4n) is 0.887. The van der Waals surface area contributed by atoms with Gasteiger partial charge >= 0.3 is 0 Å². The zero-order chi connectivity index (χ0) is 11.8. The standard InChI is InChI=1S/C6H2BrCl2NO4S/c7-3-1-2-4(10(11)12)5(8)6(3)15(9,13)14/h1-2H. The average Bonchev–Trinajstić information content (AvgIpc) is 2.00. The highest BCUT2D eigenvalue weighted by Gasteiger charge is 2.26. The number of benzene rings is 1. The topological polar surface area (TPSA) is 77.3 Å². The number of nitrogens with zero attached hydrogens (tertiary/aromatic N) is 1. The zero-order valence-electron chi connectivity index (χ0n) is 6.78. The second-order valence-corrected chi connectivity index (χ2v) is 6.14. The molecule has 5 nitrogen and oxygen atoms in total. The van der Waals surface area contributed by atoms with Crippen molar-refractivity contribution >= 4 is 53.0 Å². The highest BCUT2D eigenvalue weighted by molar-refractivity contribution is 9.10. The highest BCUT2D eigenvalue weighted by Crippen LogP contribution is 2.37. The molecule has 1 aromatic carbocycles. The van der Waals surface area contributed by atoms with Gasteiger partial charge in [0.15, 0.2) is 0 Å². The summed E-state index contributed by atoms with van der Waals surface area (Å²) in [5.41, 5.74) is -0.515. The third kappa shape index (κ3) is 2.60. The number of rotatable bonds is 2. The van der Waals surface area contributed by atoms with Crippen molar-refractivity contribution in [2.24, 2.45) is 0 Å². The first-order valence-electron chi connectivity index (χ1n) is 3.32. The minimum Gasteiger partial charge on any atom is -0.258 e. The molecule has 0 aliphatic rings. The van der Waals surface area contributed by atoms with Gasteiger partial charge in [0.25, 0.3) is 14.7 Å². The second kappa shape index (κ2) is 4.25. The molecule has 0 unspecified atom stereocenters. The molecule has 82 valence electrons. The smallest absolute Gasteiger partial charge is 0.258 e. The van der Waals surface area contributed by atoms with Gasteiger partial charge in [0.1, 0.15) is 9.92 Å². The monoisotopic (exact) mass is 333 g/mol. The number of nitro benzene ring substituents is 1. The number of halogens is 3. The predicted molar refractivity (Wildman–Crippen MR) is 58.8 cm³/mol. The molecule has 1 aromatic rings.